The molecular weight excluding hydrogens is 246 g/mol. The van der Waals surface area contributed by atoms with E-state index in [2.05, 4.69) is 4.90 Å². The van der Waals surface area contributed by atoms with Gasteiger partial charge in [-0.2, -0.15) is 0 Å². The molecule has 0 radical (unpaired) electrons. The van der Waals surface area contributed by atoms with Gasteiger partial charge in [-0.1, -0.05) is 0 Å². The lowest BCUT2D eigenvalue weighted by Gasteiger charge is -2.32. The predicted octanol–water partition coefficient (Wildman–Crippen LogP) is 1.88. The number of aryl methyl sites for hydroxylation is 1. The second-order valence-electron chi connectivity index (χ2n) is 5.34. The Labute approximate surface area is 112 Å². The molecule has 1 saturated heterocycles. The van der Waals surface area contributed by atoms with Crippen molar-refractivity contribution in [2.75, 3.05) is 13.1 Å². The van der Waals surface area contributed by atoms with E-state index >= 15 is 0 Å². The summed E-state index contributed by atoms with van der Waals surface area (Å²) in [5, 5.41) is 18.5. The number of aliphatic hydroxyl groups excluding tert-OH is 1. The zero-order valence-corrected chi connectivity index (χ0v) is 11.4. The van der Waals surface area contributed by atoms with E-state index in [0.29, 0.717) is 24.0 Å². The second-order valence-corrected chi connectivity index (χ2v) is 5.34. The number of likely N-dealkylation sites (tertiary alicyclic amines) is 1. The van der Waals surface area contributed by atoms with Crippen LogP contribution in [-0.4, -0.2) is 40.3 Å². The molecule has 2 N–H and O–H groups in total. The Balaban J connectivity index is 1.92. The minimum Gasteiger partial charge on any atom is -0.478 e. The molecule has 1 aromatic heterocycles. The van der Waals surface area contributed by atoms with Crippen LogP contribution in [0.3, 0.4) is 0 Å². The van der Waals surface area contributed by atoms with Gasteiger partial charge in [0.1, 0.15) is 17.1 Å². The van der Waals surface area contributed by atoms with Gasteiger partial charge in [0, 0.05) is 0 Å². The Hall–Kier alpha value is -1.33. The third-order valence-electron chi connectivity index (χ3n) is 3.89. The van der Waals surface area contributed by atoms with Crippen molar-refractivity contribution in [1.29, 1.82) is 0 Å². The number of nitrogens with zero attached hydrogens (tertiary/aromatic N) is 1. The number of carboxylic acids is 1. The second kappa shape index (κ2) is 5.75. The Morgan fingerprint density at radius 2 is 2.16 bits per heavy atom. The maximum absolute atomic E-state index is 10.9. The number of aliphatic hydroxyl groups is 1. The van der Waals surface area contributed by atoms with Crippen molar-refractivity contribution in [3.05, 3.63) is 23.2 Å². The van der Waals surface area contributed by atoms with Gasteiger partial charge < -0.3 is 14.6 Å². The Morgan fingerprint density at radius 3 is 2.63 bits per heavy atom. The summed E-state index contributed by atoms with van der Waals surface area (Å²) in [6.07, 6.45) is 1.71. The zero-order valence-electron chi connectivity index (χ0n) is 11.4. The summed E-state index contributed by atoms with van der Waals surface area (Å²) >= 11 is 0. The number of furan rings is 1. The molecule has 19 heavy (non-hydrogen) atoms. The van der Waals surface area contributed by atoms with E-state index in [1.165, 1.54) is 0 Å². The van der Waals surface area contributed by atoms with Crippen molar-refractivity contribution in [3.8, 4) is 0 Å². The van der Waals surface area contributed by atoms with Crippen LogP contribution in [0.15, 0.2) is 10.5 Å². The lowest BCUT2D eigenvalue weighted by molar-refractivity contribution is 0.0672. The summed E-state index contributed by atoms with van der Waals surface area (Å²) in [6, 6.07) is 1.61. The first kappa shape index (κ1) is 14.1. The molecule has 106 valence electrons. The molecule has 5 nitrogen and oxygen atoms in total. The van der Waals surface area contributed by atoms with Crippen LogP contribution in [-0.2, 0) is 6.54 Å². The van der Waals surface area contributed by atoms with Crippen molar-refractivity contribution < 1.29 is 19.4 Å². The zero-order chi connectivity index (χ0) is 14.0. The summed E-state index contributed by atoms with van der Waals surface area (Å²) < 4.78 is 5.48. The molecule has 1 atom stereocenters. The van der Waals surface area contributed by atoms with Crippen molar-refractivity contribution in [1.82, 2.24) is 4.90 Å². The van der Waals surface area contributed by atoms with Crippen LogP contribution in [0.4, 0.5) is 0 Å². The molecule has 1 fully saturated rings. The molecule has 5 heteroatoms. The first-order chi connectivity index (χ1) is 8.97. The third kappa shape index (κ3) is 3.36. The van der Waals surface area contributed by atoms with Crippen molar-refractivity contribution >= 4 is 5.97 Å². The standard InChI is InChI=1S/C14H21NO4/c1-9(16)11-3-5-15(6-4-11)8-12-7-13(14(17)18)10(2)19-12/h7,9,11,16H,3-6,8H2,1-2H3,(H,17,18). The van der Waals surface area contributed by atoms with Crippen LogP contribution in [0.5, 0.6) is 0 Å². The quantitative estimate of drug-likeness (QED) is 0.871. The molecule has 1 unspecified atom stereocenters. The Bertz CT molecular complexity index is 444. The summed E-state index contributed by atoms with van der Waals surface area (Å²) in [5.74, 6) is 0.594. The first-order valence-electron chi connectivity index (χ1n) is 6.70. The molecule has 0 aliphatic carbocycles. The maximum atomic E-state index is 10.9. The maximum Gasteiger partial charge on any atom is 0.339 e. The highest BCUT2D eigenvalue weighted by molar-refractivity contribution is 5.88. The van der Waals surface area contributed by atoms with Crippen molar-refractivity contribution in [2.24, 2.45) is 5.92 Å². The highest BCUT2D eigenvalue weighted by Crippen LogP contribution is 2.23. The monoisotopic (exact) mass is 267 g/mol. The summed E-state index contributed by atoms with van der Waals surface area (Å²) in [6.45, 7) is 5.98. The molecule has 0 aromatic carbocycles. The average molecular weight is 267 g/mol. The number of piperidine rings is 1. The summed E-state index contributed by atoms with van der Waals surface area (Å²) in [4.78, 5) is 13.2. The molecule has 2 heterocycles. The SMILES string of the molecule is Cc1oc(CN2CCC(C(C)O)CC2)cc1C(=O)O. The number of aromatic carboxylic acids is 1. The summed E-state index contributed by atoms with van der Waals surface area (Å²) in [5.41, 5.74) is 0.244. The van der Waals surface area contributed by atoms with Crippen LogP contribution in [0.25, 0.3) is 0 Å². The molecular formula is C14H21NO4. The lowest BCUT2D eigenvalue weighted by atomic mass is 9.92. The van der Waals surface area contributed by atoms with E-state index in [1.54, 1.807) is 13.0 Å². The van der Waals surface area contributed by atoms with Crippen molar-refractivity contribution in [3.63, 3.8) is 0 Å². The molecule has 0 saturated carbocycles. The van der Waals surface area contributed by atoms with Gasteiger partial charge in [0.05, 0.1) is 12.6 Å². The minimum atomic E-state index is -0.944. The van der Waals surface area contributed by atoms with Gasteiger partial charge in [-0.25, -0.2) is 4.79 Å². The number of carbonyl (C=O) groups is 1. The van der Waals surface area contributed by atoms with Gasteiger partial charge >= 0.3 is 5.97 Å². The van der Waals surface area contributed by atoms with Gasteiger partial charge in [-0.05, 0) is 51.8 Å². The predicted molar refractivity (Wildman–Crippen MR) is 70.1 cm³/mol. The molecule has 1 aromatic rings. The summed E-state index contributed by atoms with van der Waals surface area (Å²) in [7, 11) is 0. The van der Waals surface area contributed by atoms with Crippen molar-refractivity contribution in [2.45, 2.75) is 39.3 Å². The van der Waals surface area contributed by atoms with E-state index < -0.39 is 5.97 Å². The Kier molecular flexibility index (Phi) is 4.27. The van der Waals surface area contributed by atoms with Gasteiger partial charge in [0.2, 0.25) is 0 Å². The van der Waals surface area contributed by atoms with Crippen LogP contribution >= 0.6 is 0 Å². The number of rotatable bonds is 4. The molecule has 0 amide bonds. The molecule has 2 rings (SSSR count). The van der Waals surface area contributed by atoms with Crippen LogP contribution in [0, 0.1) is 12.8 Å². The molecule has 1 aliphatic rings. The minimum absolute atomic E-state index is 0.244. The highest BCUT2D eigenvalue weighted by Gasteiger charge is 2.23. The fourth-order valence-corrected chi connectivity index (χ4v) is 2.65. The van der Waals surface area contributed by atoms with Crippen LogP contribution in [0.1, 0.15) is 41.6 Å². The fraction of sp³-hybridized carbons (Fsp3) is 0.643. The number of carboxylic acid groups (broad SMARTS) is 1. The largest absolute Gasteiger partial charge is 0.478 e. The van der Waals surface area contributed by atoms with Gasteiger partial charge in [0.15, 0.2) is 0 Å². The molecule has 1 aliphatic heterocycles. The average Bonchev–Trinajstić information content (AvgIpc) is 2.71. The smallest absolute Gasteiger partial charge is 0.339 e. The number of hydrogen-bond donors (Lipinski definition) is 2. The third-order valence-corrected chi connectivity index (χ3v) is 3.89. The fourth-order valence-electron chi connectivity index (χ4n) is 2.65. The molecule has 0 bridgehead atoms. The molecule has 0 spiro atoms. The van der Waals surface area contributed by atoms with Crippen LogP contribution < -0.4 is 0 Å². The Morgan fingerprint density at radius 1 is 1.53 bits per heavy atom. The lowest BCUT2D eigenvalue weighted by Crippen LogP contribution is -2.36. The van der Waals surface area contributed by atoms with E-state index in [9.17, 15) is 9.90 Å². The van der Waals surface area contributed by atoms with E-state index in [1.807, 2.05) is 6.92 Å². The normalized spacial score (nSPS) is 19.5. The van der Waals surface area contributed by atoms with Gasteiger partial charge in [-0.15, -0.1) is 0 Å². The van der Waals surface area contributed by atoms with E-state index in [4.69, 9.17) is 9.52 Å². The first-order valence-corrected chi connectivity index (χ1v) is 6.70. The van der Waals surface area contributed by atoms with E-state index in [-0.39, 0.29) is 11.7 Å². The topological polar surface area (TPSA) is 73.9 Å². The number of hydrogen-bond acceptors (Lipinski definition) is 4. The van der Waals surface area contributed by atoms with Crippen LogP contribution in [0.2, 0.25) is 0 Å². The van der Waals surface area contributed by atoms with Gasteiger partial charge in [-0.3, -0.25) is 4.90 Å². The van der Waals surface area contributed by atoms with Gasteiger partial charge in [0.25, 0.3) is 0 Å². The highest BCUT2D eigenvalue weighted by atomic mass is 16.4. The van der Waals surface area contributed by atoms with E-state index in [0.717, 1.165) is 25.9 Å².